The first-order chi connectivity index (χ1) is 9.61. The van der Waals surface area contributed by atoms with Crippen molar-refractivity contribution in [3.05, 3.63) is 41.0 Å². The average Bonchev–Trinajstić information content (AvgIpc) is 2.77. The molecule has 0 radical (unpaired) electrons. The highest BCUT2D eigenvalue weighted by Gasteiger charge is 2.14. The van der Waals surface area contributed by atoms with Crippen LogP contribution in [0.25, 0.3) is 16.9 Å². The summed E-state index contributed by atoms with van der Waals surface area (Å²) >= 11 is 6.04. The Kier molecular flexibility index (Phi) is 2.99. The largest absolute Gasteiger partial charge is 0.495 e. The number of pyridine rings is 1. The zero-order valence-electron chi connectivity index (χ0n) is 11.1. The molecule has 3 rings (SSSR count). The number of nitrogens with zero attached hydrogens (tertiary/aromatic N) is 3. The number of ether oxygens (including phenoxy) is 1. The second-order valence-corrected chi connectivity index (χ2v) is 4.83. The Morgan fingerprint density at radius 2 is 2.10 bits per heavy atom. The highest BCUT2D eigenvalue weighted by Crippen LogP contribution is 2.30. The first kappa shape index (κ1) is 12.7. The smallest absolute Gasteiger partial charge is 0.207 e. The van der Waals surface area contributed by atoms with E-state index in [4.69, 9.17) is 22.1 Å². The molecule has 102 valence electrons. The number of anilines is 1. The maximum atomic E-state index is 6.04. The summed E-state index contributed by atoms with van der Waals surface area (Å²) in [5, 5.41) is 0.545. The SMILES string of the molecule is COc1cc(-n2c(N)nc3c(C)ccnc32)ccc1Cl. The first-order valence-electron chi connectivity index (χ1n) is 6.05. The Labute approximate surface area is 121 Å². The van der Waals surface area contributed by atoms with Gasteiger partial charge in [0.05, 0.1) is 17.8 Å². The van der Waals surface area contributed by atoms with Crippen molar-refractivity contribution in [3.63, 3.8) is 0 Å². The first-order valence-corrected chi connectivity index (χ1v) is 6.43. The molecule has 2 N–H and O–H groups in total. The van der Waals surface area contributed by atoms with E-state index < -0.39 is 0 Å². The second kappa shape index (κ2) is 4.68. The third-order valence-electron chi connectivity index (χ3n) is 3.17. The maximum Gasteiger partial charge on any atom is 0.207 e. The number of hydrogen-bond donors (Lipinski definition) is 1. The van der Waals surface area contributed by atoms with Gasteiger partial charge in [0.2, 0.25) is 5.95 Å². The van der Waals surface area contributed by atoms with Crippen LogP contribution in [0.3, 0.4) is 0 Å². The van der Waals surface area contributed by atoms with Crippen molar-refractivity contribution in [2.75, 3.05) is 12.8 Å². The molecule has 0 spiro atoms. The van der Waals surface area contributed by atoms with Crippen LogP contribution in [0.1, 0.15) is 5.56 Å². The number of rotatable bonds is 2. The fourth-order valence-corrected chi connectivity index (χ4v) is 2.35. The number of nitrogen functional groups attached to an aromatic ring is 1. The molecule has 0 unspecified atom stereocenters. The number of imidazole rings is 1. The molecular formula is C14H13ClN4O. The van der Waals surface area contributed by atoms with Gasteiger partial charge in [-0.2, -0.15) is 0 Å². The fourth-order valence-electron chi connectivity index (χ4n) is 2.15. The number of hydrogen-bond acceptors (Lipinski definition) is 4. The number of benzene rings is 1. The van der Waals surface area contributed by atoms with Crippen molar-refractivity contribution in [2.24, 2.45) is 0 Å². The van der Waals surface area contributed by atoms with Crippen molar-refractivity contribution in [2.45, 2.75) is 6.92 Å². The van der Waals surface area contributed by atoms with E-state index in [0.29, 0.717) is 22.4 Å². The predicted octanol–water partition coefficient (Wildman–Crippen LogP) is 2.97. The summed E-state index contributed by atoms with van der Waals surface area (Å²) in [5.41, 5.74) is 9.37. The van der Waals surface area contributed by atoms with E-state index in [1.165, 1.54) is 0 Å². The van der Waals surface area contributed by atoms with Crippen molar-refractivity contribution in [3.8, 4) is 11.4 Å². The van der Waals surface area contributed by atoms with Gasteiger partial charge in [0.1, 0.15) is 11.3 Å². The van der Waals surface area contributed by atoms with Crippen LogP contribution >= 0.6 is 11.6 Å². The van der Waals surface area contributed by atoms with Gasteiger partial charge in [-0.1, -0.05) is 11.6 Å². The van der Waals surface area contributed by atoms with Gasteiger partial charge in [-0.15, -0.1) is 0 Å². The van der Waals surface area contributed by atoms with Crippen LogP contribution in [0.15, 0.2) is 30.5 Å². The zero-order chi connectivity index (χ0) is 14.3. The van der Waals surface area contributed by atoms with Crippen LogP contribution in [-0.2, 0) is 0 Å². The number of nitrogens with two attached hydrogens (primary N) is 1. The molecule has 2 heterocycles. The molecule has 20 heavy (non-hydrogen) atoms. The Morgan fingerprint density at radius 3 is 2.85 bits per heavy atom. The van der Waals surface area contributed by atoms with E-state index in [2.05, 4.69) is 9.97 Å². The van der Waals surface area contributed by atoms with Crippen molar-refractivity contribution < 1.29 is 4.74 Å². The standard InChI is InChI=1S/C14H13ClN4O/c1-8-5-6-17-13-12(8)18-14(16)19(13)9-3-4-10(15)11(7-9)20-2/h3-7H,1-2H3,(H2,16,18). The Balaban J connectivity index is 2.29. The van der Waals surface area contributed by atoms with Gasteiger partial charge in [-0.25, -0.2) is 9.97 Å². The lowest BCUT2D eigenvalue weighted by Gasteiger charge is -2.09. The van der Waals surface area contributed by atoms with Crippen LogP contribution in [-0.4, -0.2) is 21.6 Å². The summed E-state index contributed by atoms with van der Waals surface area (Å²) in [6, 6.07) is 7.33. The normalized spacial score (nSPS) is 10.9. The average molecular weight is 289 g/mol. The van der Waals surface area contributed by atoms with Crippen molar-refractivity contribution >= 4 is 28.7 Å². The van der Waals surface area contributed by atoms with Gasteiger partial charge in [0.15, 0.2) is 5.65 Å². The van der Waals surface area contributed by atoms with Crippen LogP contribution < -0.4 is 10.5 Å². The van der Waals surface area contributed by atoms with E-state index >= 15 is 0 Å². The highest BCUT2D eigenvalue weighted by atomic mass is 35.5. The number of fused-ring (bicyclic) bond motifs is 1. The summed E-state index contributed by atoms with van der Waals surface area (Å²) in [7, 11) is 1.57. The zero-order valence-corrected chi connectivity index (χ0v) is 11.8. The van der Waals surface area contributed by atoms with Crippen LogP contribution in [0.2, 0.25) is 5.02 Å². The van der Waals surface area contributed by atoms with Gasteiger partial charge >= 0.3 is 0 Å². The van der Waals surface area contributed by atoms with Crippen LogP contribution in [0.5, 0.6) is 5.75 Å². The minimum atomic E-state index is 0.381. The topological polar surface area (TPSA) is 66.0 Å². The molecule has 3 aromatic rings. The lowest BCUT2D eigenvalue weighted by molar-refractivity contribution is 0.415. The van der Waals surface area contributed by atoms with Crippen LogP contribution in [0.4, 0.5) is 5.95 Å². The minimum Gasteiger partial charge on any atom is -0.495 e. The molecule has 1 aromatic carbocycles. The number of halogens is 1. The Bertz CT molecular complexity index is 797. The number of aromatic nitrogens is 3. The van der Waals surface area contributed by atoms with Gasteiger partial charge in [-0.05, 0) is 30.7 Å². The minimum absolute atomic E-state index is 0.381. The van der Waals surface area contributed by atoms with Gasteiger partial charge in [-0.3, -0.25) is 4.57 Å². The second-order valence-electron chi connectivity index (χ2n) is 4.42. The van der Waals surface area contributed by atoms with E-state index in [9.17, 15) is 0 Å². The molecule has 0 fully saturated rings. The highest BCUT2D eigenvalue weighted by molar-refractivity contribution is 6.32. The third kappa shape index (κ3) is 1.87. The number of methoxy groups -OCH3 is 1. The summed E-state index contributed by atoms with van der Waals surface area (Å²) < 4.78 is 7.01. The molecule has 6 heteroatoms. The van der Waals surface area contributed by atoms with Crippen LogP contribution in [0, 0.1) is 6.92 Å². The molecule has 5 nitrogen and oxygen atoms in total. The fraction of sp³-hybridized carbons (Fsp3) is 0.143. The molecule has 0 saturated heterocycles. The van der Waals surface area contributed by atoms with Crippen molar-refractivity contribution in [1.29, 1.82) is 0 Å². The van der Waals surface area contributed by atoms with Gasteiger partial charge < -0.3 is 10.5 Å². The van der Waals surface area contributed by atoms with Gasteiger partial charge in [0.25, 0.3) is 0 Å². The maximum absolute atomic E-state index is 6.04. The summed E-state index contributed by atoms with van der Waals surface area (Å²) in [6.45, 7) is 1.98. The molecular weight excluding hydrogens is 276 g/mol. The molecule has 0 aliphatic rings. The lowest BCUT2D eigenvalue weighted by atomic mass is 10.2. The number of aryl methyl sites for hydroxylation is 1. The molecule has 0 saturated carbocycles. The summed E-state index contributed by atoms with van der Waals surface area (Å²) in [6.07, 6.45) is 1.74. The molecule has 0 bridgehead atoms. The van der Waals surface area contributed by atoms with Crippen molar-refractivity contribution in [1.82, 2.24) is 14.5 Å². The molecule has 0 aliphatic heterocycles. The summed E-state index contributed by atoms with van der Waals surface area (Å²) in [4.78, 5) is 8.74. The molecule has 0 atom stereocenters. The third-order valence-corrected chi connectivity index (χ3v) is 3.48. The van der Waals surface area contributed by atoms with Gasteiger partial charge in [0, 0.05) is 12.3 Å². The van der Waals surface area contributed by atoms with E-state index in [1.807, 2.05) is 25.1 Å². The lowest BCUT2D eigenvalue weighted by Crippen LogP contribution is -2.01. The van der Waals surface area contributed by atoms with E-state index in [0.717, 1.165) is 16.8 Å². The monoisotopic (exact) mass is 288 g/mol. The summed E-state index contributed by atoms with van der Waals surface area (Å²) in [5.74, 6) is 0.962. The van der Waals surface area contributed by atoms with E-state index in [-0.39, 0.29) is 0 Å². The molecule has 0 amide bonds. The Morgan fingerprint density at radius 1 is 1.30 bits per heavy atom. The molecule has 2 aromatic heterocycles. The predicted molar refractivity (Wildman–Crippen MR) is 79.6 cm³/mol. The molecule has 0 aliphatic carbocycles. The van der Waals surface area contributed by atoms with E-state index in [1.54, 1.807) is 23.9 Å². The Hall–Kier alpha value is -2.27. The quantitative estimate of drug-likeness (QED) is 0.787.